The van der Waals surface area contributed by atoms with Crippen LogP contribution in [0.2, 0.25) is 5.02 Å². The number of ether oxygens (including phenoxy) is 2. The van der Waals surface area contributed by atoms with Crippen LogP contribution in [0.5, 0.6) is 11.5 Å². The standard InChI is InChI=1S/C17H20ClNO2/c1-13(19)12-14-6-5-9-16(18)17(14)21-11-10-20-15-7-3-2-4-8-15/h2-9,13H,10-12,19H2,1H3. The summed E-state index contributed by atoms with van der Waals surface area (Å²) < 4.78 is 11.4. The number of hydrogen-bond donors (Lipinski definition) is 1. The van der Waals surface area contributed by atoms with Gasteiger partial charge in [0.15, 0.2) is 0 Å². The van der Waals surface area contributed by atoms with Gasteiger partial charge >= 0.3 is 0 Å². The second kappa shape index (κ2) is 7.91. The van der Waals surface area contributed by atoms with Crippen molar-refractivity contribution in [2.75, 3.05) is 13.2 Å². The Labute approximate surface area is 130 Å². The normalized spacial score (nSPS) is 12.0. The average Bonchev–Trinajstić information content (AvgIpc) is 2.46. The highest BCUT2D eigenvalue weighted by atomic mass is 35.5. The Morgan fingerprint density at radius 2 is 1.71 bits per heavy atom. The molecule has 3 nitrogen and oxygen atoms in total. The van der Waals surface area contributed by atoms with E-state index in [0.717, 1.165) is 17.7 Å². The molecule has 0 aliphatic heterocycles. The topological polar surface area (TPSA) is 44.5 Å². The zero-order valence-electron chi connectivity index (χ0n) is 12.1. The van der Waals surface area contributed by atoms with E-state index in [1.54, 1.807) is 0 Å². The van der Waals surface area contributed by atoms with E-state index in [1.165, 1.54) is 0 Å². The monoisotopic (exact) mass is 305 g/mol. The minimum Gasteiger partial charge on any atom is -0.490 e. The molecule has 0 bridgehead atoms. The van der Waals surface area contributed by atoms with Crippen LogP contribution in [0.25, 0.3) is 0 Å². The van der Waals surface area contributed by atoms with Crippen molar-refractivity contribution in [3.05, 3.63) is 59.1 Å². The first-order valence-electron chi connectivity index (χ1n) is 7.00. The molecule has 0 fully saturated rings. The second-order valence-electron chi connectivity index (χ2n) is 4.92. The van der Waals surface area contributed by atoms with E-state index in [4.69, 9.17) is 26.8 Å². The van der Waals surface area contributed by atoms with Gasteiger partial charge < -0.3 is 15.2 Å². The van der Waals surface area contributed by atoms with Crippen molar-refractivity contribution in [3.8, 4) is 11.5 Å². The zero-order chi connectivity index (χ0) is 15.1. The number of hydrogen-bond acceptors (Lipinski definition) is 3. The van der Waals surface area contributed by atoms with Gasteiger partial charge in [-0.05, 0) is 37.1 Å². The van der Waals surface area contributed by atoms with E-state index in [9.17, 15) is 0 Å². The molecule has 2 N–H and O–H groups in total. The molecule has 0 aliphatic rings. The molecule has 0 amide bonds. The first-order chi connectivity index (χ1) is 10.2. The summed E-state index contributed by atoms with van der Waals surface area (Å²) in [6, 6.07) is 15.4. The lowest BCUT2D eigenvalue weighted by molar-refractivity contribution is 0.216. The van der Waals surface area contributed by atoms with Crippen molar-refractivity contribution in [2.24, 2.45) is 5.73 Å². The average molecular weight is 306 g/mol. The molecule has 0 saturated carbocycles. The summed E-state index contributed by atoms with van der Waals surface area (Å²) in [5.41, 5.74) is 6.88. The quantitative estimate of drug-likeness (QED) is 0.794. The van der Waals surface area contributed by atoms with Crippen molar-refractivity contribution in [3.63, 3.8) is 0 Å². The summed E-state index contributed by atoms with van der Waals surface area (Å²) in [5, 5.41) is 0.605. The van der Waals surface area contributed by atoms with E-state index < -0.39 is 0 Å². The highest BCUT2D eigenvalue weighted by Gasteiger charge is 2.10. The molecule has 4 heteroatoms. The molecule has 0 heterocycles. The number of para-hydroxylation sites is 2. The first-order valence-corrected chi connectivity index (χ1v) is 7.38. The predicted molar refractivity (Wildman–Crippen MR) is 86.2 cm³/mol. The Balaban J connectivity index is 1.90. The molecular weight excluding hydrogens is 286 g/mol. The highest BCUT2D eigenvalue weighted by molar-refractivity contribution is 6.32. The number of halogens is 1. The SMILES string of the molecule is CC(N)Cc1cccc(Cl)c1OCCOc1ccccc1. The van der Waals surface area contributed by atoms with Gasteiger partial charge in [-0.15, -0.1) is 0 Å². The van der Waals surface area contributed by atoms with Crippen LogP contribution in [0.3, 0.4) is 0 Å². The Morgan fingerprint density at radius 3 is 2.43 bits per heavy atom. The summed E-state index contributed by atoms with van der Waals surface area (Å²) in [4.78, 5) is 0. The highest BCUT2D eigenvalue weighted by Crippen LogP contribution is 2.29. The molecule has 2 aromatic rings. The van der Waals surface area contributed by atoms with Gasteiger partial charge in [-0.25, -0.2) is 0 Å². The summed E-state index contributed by atoms with van der Waals surface area (Å²) in [6.45, 7) is 2.86. The maximum Gasteiger partial charge on any atom is 0.141 e. The Hall–Kier alpha value is -1.71. The van der Waals surface area contributed by atoms with Gasteiger partial charge in [0.1, 0.15) is 24.7 Å². The van der Waals surface area contributed by atoms with Crippen molar-refractivity contribution in [1.29, 1.82) is 0 Å². The van der Waals surface area contributed by atoms with Crippen LogP contribution in [0.4, 0.5) is 0 Å². The molecular formula is C17H20ClNO2. The van der Waals surface area contributed by atoms with Gasteiger partial charge in [0.25, 0.3) is 0 Å². The van der Waals surface area contributed by atoms with Gasteiger partial charge in [-0.3, -0.25) is 0 Å². The second-order valence-corrected chi connectivity index (χ2v) is 5.33. The van der Waals surface area contributed by atoms with E-state index in [-0.39, 0.29) is 6.04 Å². The summed E-state index contributed by atoms with van der Waals surface area (Å²) in [6.07, 6.45) is 0.732. The minimum atomic E-state index is 0.0615. The van der Waals surface area contributed by atoms with Crippen molar-refractivity contribution >= 4 is 11.6 Å². The molecule has 0 spiro atoms. The van der Waals surface area contributed by atoms with E-state index in [2.05, 4.69) is 0 Å². The number of benzene rings is 2. The van der Waals surface area contributed by atoms with Crippen molar-refractivity contribution in [1.82, 2.24) is 0 Å². The summed E-state index contributed by atoms with van der Waals surface area (Å²) >= 11 is 6.20. The van der Waals surface area contributed by atoms with Crippen LogP contribution in [0.15, 0.2) is 48.5 Å². The molecule has 1 atom stereocenters. The molecule has 2 aromatic carbocycles. The van der Waals surface area contributed by atoms with Gasteiger partial charge in [0.05, 0.1) is 5.02 Å². The maximum atomic E-state index is 6.20. The van der Waals surface area contributed by atoms with Gasteiger partial charge in [0, 0.05) is 6.04 Å². The summed E-state index contributed by atoms with van der Waals surface area (Å²) in [7, 11) is 0. The van der Waals surface area contributed by atoms with E-state index >= 15 is 0 Å². The first kappa shape index (κ1) is 15.7. The molecule has 0 aromatic heterocycles. The van der Waals surface area contributed by atoms with E-state index in [0.29, 0.717) is 24.0 Å². The Kier molecular flexibility index (Phi) is 5.90. The lowest BCUT2D eigenvalue weighted by atomic mass is 10.1. The Morgan fingerprint density at radius 1 is 1.00 bits per heavy atom. The molecule has 2 rings (SSSR count). The molecule has 0 radical (unpaired) electrons. The van der Waals surface area contributed by atoms with Crippen LogP contribution < -0.4 is 15.2 Å². The molecule has 21 heavy (non-hydrogen) atoms. The van der Waals surface area contributed by atoms with Crippen LogP contribution in [-0.2, 0) is 6.42 Å². The maximum absolute atomic E-state index is 6.20. The fraction of sp³-hybridized carbons (Fsp3) is 0.294. The van der Waals surface area contributed by atoms with Crippen LogP contribution in [0, 0.1) is 0 Å². The van der Waals surface area contributed by atoms with Gasteiger partial charge in [-0.1, -0.05) is 41.9 Å². The third-order valence-corrected chi connectivity index (χ3v) is 3.23. The smallest absolute Gasteiger partial charge is 0.141 e. The van der Waals surface area contributed by atoms with Crippen LogP contribution >= 0.6 is 11.6 Å². The number of rotatable bonds is 7. The van der Waals surface area contributed by atoms with Crippen molar-refractivity contribution in [2.45, 2.75) is 19.4 Å². The lowest BCUT2D eigenvalue weighted by Gasteiger charge is -2.15. The zero-order valence-corrected chi connectivity index (χ0v) is 12.8. The summed E-state index contributed by atoms with van der Waals surface area (Å²) in [5.74, 6) is 1.53. The fourth-order valence-corrected chi connectivity index (χ4v) is 2.29. The van der Waals surface area contributed by atoms with Crippen LogP contribution in [0.1, 0.15) is 12.5 Å². The van der Waals surface area contributed by atoms with E-state index in [1.807, 2.05) is 55.5 Å². The molecule has 1 unspecified atom stereocenters. The molecule has 112 valence electrons. The molecule has 0 saturated heterocycles. The van der Waals surface area contributed by atoms with Crippen molar-refractivity contribution < 1.29 is 9.47 Å². The number of nitrogens with two attached hydrogens (primary N) is 1. The fourth-order valence-electron chi connectivity index (χ4n) is 2.04. The van der Waals surface area contributed by atoms with Gasteiger partial charge in [0.2, 0.25) is 0 Å². The largest absolute Gasteiger partial charge is 0.490 e. The van der Waals surface area contributed by atoms with Crippen LogP contribution in [-0.4, -0.2) is 19.3 Å². The lowest BCUT2D eigenvalue weighted by Crippen LogP contribution is -2.19. The van der Waals surface area contributed by atoms with Gasteiger partial charge in [-0.2, -0.15) is 0 Å². The molecule has 0 aliphatic carbocycles. The third kappa shape index (κ3) is 4.96. The predicted octanol–water partition coefficient (Wildman–Crippen LogP) is 3.69. The Bertz CT molecular complexity index is 558. The third-order valence-electron chi connectivity index (χ3n) is 2.93. The minimum absolute atomic E-state index is 0.0615.